The quantitative estimate of drug-likeness (QED) is 0.651. The molecule has 35 heavy (non-hydrogen) atoms. The number of carbonyl (C=O) groups is 1. The molecule has 2 aromatic rings. The van der Waals surface area contributed by atoms with Crippen LogP contribution in [0.1, 0.15) is 31.2 Å². The molecule has 0 saturated carbocycles. The predicted octanol–water partition coefficient (Wildman–Crippen LogP) is 4.62. The van der Waals surface area contributed by atoms with E-state index < -0.39 is 21.8 Å². The van der Waals surface area contributed by atoms with Gasteiger partial charge in [-0.3, -0.25) is 0 Å². The largest absolute Gasteiger partial charge is 0.416 e. The fourth-order valence-electron chi connectivity index (χ4n) is 4.40. The van der Waals surface area contributed by atoms with Crippen LogP contribution >= 0.6 is 0 Å². The molecule has 0 atom stereocenters. The van der Waals surface area contributed by atoms with Gasteiger partial charge < -0.3 is 15.1 Å². The van der Waals surface area contributed by atoms with E-state index in [1.807, 2.05) is 0 Å². The van der Waals surface area contributed by atoms with Crippen molar-refractivity contribution in [2.45, 2.75) is 36.8 Å². The third-order valence-electron chi connectivity index (χ3n) is 6.41. The molecule has 1 N–H and O–H groups in total. The minimum Gasteiger partial charge on any atom is -0.369 e. The van der Waals surface area contributed by atoms with E-state index in [4.69, 9.17) is 0 Å². The van der Waals surface area contributed by atoms with Crippen LogP contribution < -0.4 is 10.2 Å². The van der Waals surface area contributed by atoms with Gasteiger partial charge in [0.15, 0.2) is 0 Å². The molecule has 2 saturated heterocycles. The normalized spacial score (nSPS) is 18.3. The molecule has 4 rings (SSSR count). The van der Waals surface area contributed by atoms with Crippen molar-refractivity contribution in [3.8, 4) is 0 Å². The molecule has 190 valence electrons. The van der Waals surface area contributed by atoms with Crippen LogP contribution in [0.3, 0.4) is 0 Å². The lowest BCUT2D eigenvalue weighted by Gasteiger charge is -2.35. The van der Waals surface area contributed by atoms with Crippen LogP contribution in [0.15, 0.2) is 53.4 Å². The highest BCUT2D eigenvalue weighted by atomic mass is 32.2. The lowest BCUT2D eigenvalue weighted by atomic mass is 10.1. The van der Waals surface area contributed by atoms with Crippen LogP contribution in [-0.4, -0.2) is 62.9 Å². The van der Waals surface area contributed by atoms with E-state index in [0.717, 1.165) is 37.8 Å². The highest BCUT2D eigenvalue weighted by Gasteiger charge is 2.32. The molecule has 0 spiro atoms. The molecule has 2 fully saturated rings. The first kappa shape index (κ1) is 25.3. The summed E-state index contributed by atoms with van der Waals surface area (Å²) < 4.78 is 66.6. The summed E-state index contributed by atoms with van der Waals surface area (Å²) in [5.74, 6) is 0. The summed E-state index contributed by atoms with van der Waals surface area (Å²) in [7, 11) is -3.77. The molecule has 2 aliphatic rings. The Morgan fingerprint density at radius 1 is 0.829 bits per heavy atom. The summed E-state index contributed by atoms with van der Waals surface area (Å²) in [5, 5.41) is 2.83. The van der Waals surface area contributed by atoms with Gasteiger partial charge in [0.05, 0.1) is 10.5 Å². The van der Waals surface area contributed by atoms with Gasteiger partial charge >= 0.3 is 12.2 Å². The number of urea groups is 1. The summed E-state index contributed by atoms with van der Waals surface area (Å²) in [6.07, 6.45) is -0.244. The number of rotatable bonds is 4. The van der Waals surface area contributed by atoms with E-state index in [-0.39, 0.29) is 37.1 Å². The Bertz CT molecular complexity index is 1120. The summed E-state index contributed by atoms with van der Waals surface area (Å²) in [4.78, 5) is 16.1. The molecule has 11 heteroatoms. The van der Waals surface area contributed by atoms with E-state index in [2.05, 4.69) is 5.32 Å². The van der Waals surface area contributed by atoms with Gasteiger partial charge in [-0.25, -0.2) is 13.2 Å². The highest BCUT2D eigenvalue weighted by molar-refractivity contribution is 7.89. The molecule has 2 aromatic carbocycles. The monoisotopic (exact) mass is 510 g/mol. The van der Waals surface area contributed by atoms with E-state index in [9.17, 15) is 26.4 Å². The van der Waals surface area contributed by atoms with Crippen molar-refractivity contribution in [2.24, 2.45) is 0 Å². The van der Waals surface area contributed by atoms with E-state index in [0.29, 0.717) is 24.5 Å². The Labute approximate surface area is 203 Å². The Balaban J connectivity index is 1.36. The molecular weight excluding hydrogens is 481 g/mol. The topological polar surface area (TPSA) is 73.0 Å². The number of benzene rings is 2. The van der Waals surface area contributed by atoms with Crippen LogP contribution in [0, 0.1) is 0 Å². The number of amides is 2. The summed E-state index contributed by atoms with van der Waals surface area (Å²) in [6, 6.07) is 10.9. The van der Waals surface area contributed by atoms with Crippen molar-refractivity contribution in [2.75, 3.05) is 49.5 Å². The summed E-state index contributed by atoms with van der Waals surface area (Å²) >= 11 is 0. The van der Waals surface area contributed by atoms with Gasteiger partial charge in [0.25, 0.3) is 0 Å². The maximum atomic E-state index is 13.1. The zero-order valence-electron chi connectivity index (χ0n) is 19.3. The average molecular weight is 511 g/mol. The van der Waals surface area contributed by atoms with Crippen molar-refractivity contribution in [3.05, 3.63) is 54.1 Å². The van der Waals surface area contributed by atoms with Gasteiger partial charge in [-0.15, -0.1) is 0 Å². The molecular formula is C24H29F3N4O3S. The smallest absolute Gasteiger partial charge is 0.369 e. The van der Waals surface area contributed by atoms with Gasteiger partial charge in [-0.05, 0) is 55.3 Å². The van der Waals surface area contributed by atoms with Crippen LogP contribution in [-0.2, 0) is 16.2 Å². The van der Waals surface area contributed by atoms with E-state index in [1.54, 1.807) is 28.0 Å². The molecule has 0 aliphatic carbocycles. The second-order valence-electron chi connectivity index (χ2n) is 8.80. The third-order valence-corrected chi connectivity index (χ3v) is 8.33. The number of hydrogen-bond acceptors (Lipinski definition) is 4. The zero-order valence-corrected chi connectivity index (χ0v) is 20.1. The number of hydrogen-bond donors (Lipinski definition) is 1. The Hall–Kier alpha value is -2.79. The van der Waals surface area contributed by atoms with Gasteiger partial charge in [0.2, 0.25) is 10.0 Å². The molecule has 0 radical (unpaired) electrons. The molecule has 7 nitrogen and oxygen atoms in total. The van der Waals surface area contributed by atoms with Gasteiger partial charge in [-0.1, -0.05) is 18.9 Å². The predicted molar refractivity (Wildman–Crippen MR) is 128 cm³/mol. The van der Waals surface area contributed by atoms with Gasteiger partial charge in [-0.2, -0.15) is 17.5 Å². The van der Waals surface area contributed by atoms with Crippen molar-refractivity contribution in [1.82, 2.24) is 9.21 Å². The maximum absolute atomic E-state index is 13.1. The number of likely N-dealkylation sites (tertiary alicyclic amines) is 1. The minimum atomic E-state index is -4.43. The van der Waals surface area contributed by atoms with Crippen LogP contribution in [0.25, 0.3) is 0 Å². The van der Waals surface area contributed by atoms with Gasteiger partial charge in [0, 0.05) is 50.6 Å². The number of nitrogens with one attached hydrogen (secondary N) is 1. The number of alkyl halides is 3. The number of sulfonamides is 1. The maximum Gasteiger partial charge on any atom is 0.416 e. The zero-order chi connectivity index (χ0) is 25.1. The molecule has 0 bridgehead atoms. The summed E-state index contributed by atoms with van der Waals surface area (Å²) in [5.41, 5.74) is 0.210. The molecule has 0 aromatic heterocycles. The molecule has 2 amide bonds. The van der Waals surface area contributed by atoms with Crippen molar-refractivity contribution in [3.63, 3.8) is 0 Å². The fourth-order valence-corrected chi connectivity index (χ4v) is 5.82. The summed E-state index contributed by atoms with van der Waals surface area (Å²) in [6.45, 7) is 2.31. The lowest BCUT2D eigenvalue weighted by Crippen LogP contribution is -2.48. The second kappa shape index (κ2) is 10.4. The number of carbonyl (C=O) groups excluding carboxylic acids is 1. The van der Waals surface area contributed by atoms with Crippen LogP contribution in [0.2, 0.25) is 0 Å². The Kier molecular flexibility index (Phi) is 7.56. The Morgan fingerprint density at radius 3 is 2.06 bits per heavy atom. The first-order chi connectivity index (χ1) is 16.6. The molecule has 0 unspecified atom stereocenters. The molecule has 2 heterocycles. The van der Waals surface area contributed by atoms with Crippen molar-refractivity contribution in [1.29, 1.82) is 0 Å². The standard InChI is InChI=1S/C24H29F3N4O3S/c25-24(26,27)19-6-5-7-21(18-19)29-14-16-31(17-15-29)35(33,34)22-10-8-20(9-11-22)28-23(32)30-12-3-1-2-4-13-30/h5-11,18H,1-4,12-17H2,(H,28,32). The number of piperazine rings is 1. The van der Waals surface area contributed by atoms with Crippen LogP contribution in [0.5, 0.6) is 0 Å². The SMILES string of the molecule is O=C(Nc1ccc(S(=O)(=O)N2CCN(c3cccc(C(F)(F)F)c3)CC2)cc1)N1CCCCCC1. The highest BCUT2D eigenvalue weighted by Crippen LogP contribution is 2.32. The minimum absolute atomic E-state index is 0.109. The lowest BCUT2D eigenvalue weighted by molar-refractivity contribution is -0.137. The number of anilines is 2. The average Bonchev–Trinajstić information content (AvgIpc) is 3.14. The Morgan fingerprint density at radius 2 is 1.46 bits per heavy atom. The van der Waals surface area contributed by atoms with Crippen molar-refractivity contribution >= 4 is 27.4 Å². The number of nitrogens with zero attached hydrogens (tertiary/aromatic N) is 3. The second-order valence-corrected chi connectivity index (χ2v) is 10.7. The third kappa shape index (κ3) is 6.07. The fraction of sp³-hybridized carbons (Fsp3) is 0.458. The van der Waals surface area contributed by atoms with Gasteiger partial charge in [0.1, 0.15) is 0 Å². The number of halogens is 3. The first-order valence-corrected chi connectivity index (χ1v) is 13.2. The van der Waals surface area contributed by atoms with E-state index >= 15 is 0 Å². The first-order valence-electron chi connectivity index (χ1n) is 11.7. The van der Waals surface area contributed by atoms with Crippen LogP contribution in [0.4, 0.5) is 29.3 Å². The van der Waals surface area contributed by atoms with Crippen molar-refractivity contribution < 1.29 is 26.4 Å². The molecule has 2 aliphatic heterocycles. The van der Waals surface area contributed by atoms with E-state index in [1.165, 1.54) is 22.5 Å².